The third kappa shape index (κ3) is 2.88. The van der Waals surface area contributed by atoms with E-state index >= 15 is 0 Å². The first-order valence-corrected chi connectivity index (χ1v) is 9.73. The van der Waals surface area contributed by atoms with Crippen LogP contribution in [0.25, 0.3) is 38.2 Å². The summed E-state index contributed by atoms with van der Waals surface area (Å²) in [4.78, 5) is 13.6. The number of rotatable bonds is 5. The molecule has 3 N–H and O–H groups in total. The molecule has 4 heterocycles. The van der Waals surface area contributed by atoms with E-state index in [1.54, 1.807) is 15.9 Å². The number of benzene rings is 1. The van der Waals surface area contributed by atoms with Crippen LogP contribution in [0.4, 0.5) is 5.00 Å². The van der Waals surface area contributed by atoms with E-state index in [4.69, 9.17) is 5.73 Å². The minimum atomic E-state index is 0.584. The normalized spacial score (nSPS) is 11.3. The van der Waals surface area contributed by atoms with Crippen molar-refractivity contribution < 1.29 is 0 Å². The van der Waals surface area contributed by atoms with Crippen LogP contribution in [-0.4, -0.2) is 37.7 Å². The molecular weight excluding hydrogens is 370 g/mol. The standard InChI is InChI=1S/C20H17N7S/c21-6-8-23-18-11-25-20(28-18)13-9-24-19-16(10-26-27(19)12-13)14-5-7-22-17-4-2-1-3-15(14)17/h1-5,7,9-12,23H,6,8,21H2. The van der Waals surface area contributed by atoms with Crippen LogP contribution < -0.4 is 11.1 Å². The summed E-state index contributed by atoms with van der Waals surface area (Å²) in [6, 6.07) is 10.1. The molecule has 0 radical (unpaired) electrons. The molecule has 8 heteroatoms. The minimum Gasteiger partial charge on any atom is -0.374 e. The molecule has 0 bridgehead atoms. The van der Waals surface area contributed by atoms with E-state index in [0.29, 0.717) is 6.54 Å². The highest BCUT2D eigenvalue weighted by Gasteiger charge is 2.13. The smallest absolute Gasteiger partial charge is 0.162 e. The Morgan fingerprint density at radius 2 is 1.93 bits per heavy atom. The van der Waals surface area contributed by atoms with Gasteiger partial charge in [0, 0.05) is 48.2 Å². The molecule has 1 aromatic carbocycles. The maximum Gasteiger partial charge on any atom is 0.162 e. The van der Waals surface area contributed by atoms with Gasteiger partial charge in [0.25, 0.3) is 0 Å². The maximum absolute atomic E-state index is 5.54. The molecule has 0 saturated heterocycles. The molecule has 0 amide bonds. The maximum atomic E-state index is 5.54. The molecule has 7 nitrogen and oxygen atoms in total. The van der Waals surface area contributed by atoms with Crippen molar-refractivity contribution in [3.63, 3.8) is 0 Å². The summed E-state index contributed by atoms with van der Waals surface area (Å²) in [7, 11) is 0. The number of pyridine rings is 1. The van der Waals surface area contributed by atoms with Crippen LogP contribution in [0.1, 0.15) is 0 Å². The highest BCUT2D eigenvalue weighted by Crippen LogP contribution is 2.32. The van der Waals surface area contributed by atoms with Crippen LogP contribution in [0.3, 0.4) is 0 Å². The van der Waals surface area contributed by atoms with E-state index < -0.39 is 0 Å². The number of nitrogens with zero attached hydrogens (tertiary/aromatic N) is 5. The van der Waals surface area contributed by atoms with Gasteiger partial charge in [0.05, 0.1) is 17.9 Å². The second-order valence-corrected chi connectivity index (χ2v) is 7.32. The fraction of sp³-hybridized carbons (Fsp3) is 0.100. The van der Waals surface area contributed by atoms with Gasteiger partial charge in [0.15, 0.2) is 5.65 Å². The van der Waals surface area contributed by atoms with Gasteiger partial charge in [-0.15, -0.1) is 0 Å². The second-order valence-electron chi connectivity index (χ2n) is 6.29. The zero-order valence-electron chi connectivity index (χ0n) is 14.9. The zero-order valence-corrected chi connectivity index (χ0v) is 15.7. The van der Waals surface area contributed by atoms with Gasteiger partial charge in [0.1, 0.15) is 10.0 Å². The van der Waals surface area contributed by atoms with Gasteiger partial charge in [-0.25, -0.2) is 14.5 Å². The molecule has 4 aromatic heterocycles. The molecule has 0 fully saturated rings. The number of nitrogens with one attached hydrogen (secondary N) is 1. The fourth-order valence-corrected chi connectivity index (χ4v) is 4.01. The number of nitrogens with two attached hydrogens (primary N) is 1. The first kappa shape index (κ1) is 16.8. The van der Waals surface area contributed by atoms with Crippen LogP contribution in [-0.2, 0) is 0 Å². The lowest BCUT2D eigenvalue weighted by atomic mass is 10.0. The molecule has 0 spiro atoms. The molecule has 0 aliphatic carbocycles. The van der Waals surface area contributed by atoms with E-state index in [9.17, 15) is 0 Å². The van der Waals surface area contributed by atoms with Crippen molar-refractivity contribution in [2.45, 2.75) is 0 Å². The number of anilines is 1. The quantitative estimate of drug-likeness (QED) is 0.480. The number of hydrogen-bond acceptors (Lipinski definition) is 7. The average molecular weight is 387 g/mol. The number of thiazole rings is 1. The number of para-hydroxylation sites is 1. The molecular formula is C20H17N7S. The second kappa shape index (κ2) is 6.99. The third-order valence-electron chi connectivity index (χ3n) is 4.49. The first-order valence-electron chi connectivity index (χ1n) is 8.91. The summed E-state index contributed by atoms with van der Waals surface area (Å²) in [5.41, 5.74) is 10.3. The molecule has 0 unspecified atom stereocenters. The lowest BCUT2D eigenvalue weighted by Crippen LogP contribution is -2.12. The van der Waals surface area contributed by atoms with Gasteiger partial charge in [-0.2, -0.15) is 5.10 Å². The summed E-state index contributed by atoms with van der Waals surface area (Å²) in [6.45, 7) is 1.31. The Labute approximate surface area is 164 Å². The molecule has 0 aliphatic heterocycles. The Hall–Kier alpha value is -3.36. The molecule has 0 saturated carbocycles. The number of aromatic nitrogens is 5. The Balaban J connectivity index is 1.56. The van der Waals surface area contributed by atoms with E-state index in [2.05, 4.69) is 31.4 Å². The van der Waals surface area contributed by atoms with Crippen molar-refractivity contribution in [2.75, 3.05) is 18.4 Å². The summed E-state index contributed by atoms with van der Waals surface area (Å²) in [5.74, 6) is 0. The van der Waals surface area contributed by atoms with E-state index in [1.165, 1.54) is 0 Å². The van der Waals surface area contributed by atoms with Gasteiger partial charge in [-0.3, -0.25) is 4.98 Å². The molecule has 5 rings (SSSR count). The first-order chi connectivity index (χ1) is 13.8. The lowest BCUT2D eigenvalue weighted by Gasteiger charge is -2.04. The third-order valence-corrected chi connectivity index (χ3v) is 5.50. The Bertz CT molecular complexity index is 1270. The average Bonchev–Trinajstić information content (AvgIpc) is 3.38. The van der Waals surface area contributed by atoms with Crippen LogP contribution >= 0.6 is 11.3 Å². The predicted octanol–water partition coefficient (Wildman–Crippen LogP) is 3.44. The summed E-state index contributed by atoms with van der Waals surface area (Å²) in [6.07, 6.45) is 9.29. The van der Waals surface area contributed by atoms with Gasteiger partial charge in [-0.1, -0.05) is 29.5 Å². The van der Waals surface area contributed by atoms with Crippen LogP contribution in [0, 0.1) is 0 Å². The van der Waals surface area contributed by atoms with E-state index in [0.717, 1.165) is 49.8 Å². The summed E-state index contributed by atoms with van der Waals surface area (Å²) < 4.78 is 1.80. The predicted molar refractivity (Wildman–Crippen MR) is 112 cm³/mol. The lowest BCUT2D eigenvalue weighted by molar-refractivity contribution is 0.941. The Morgan fingerprint density at radius 3 is 2.86 bits per heavy atom. The molecule has 0 atom stereocenters. The molecule has 5 aromatic rings. The summed E-state index contributed by atoms with van der Waals surface area (Å²) in [5, 5.41) is 10.7. The molecule has 138 valence electrons. The summed E-state index contributed by atoms with van der Waals surface area (Å²) >= 11 is 1.57. The van der Waals surface area contributed by atoms with Crippen LogP contribution in [0.15, 0.2) is 61.3 Å². The number of hydrogen-bond donors (Lipinski definition) is 2. The topological polar surface area (TPSA) is 94.0 Å². The SMILES string of the molecule is NCCNc1cnc(-c2cnc3c(-c4ccnc5ccccc45)cnn3c2)s1. The van der Waals surface area contributed by atoms with Crippen molar-refractivity contribution in [3.8, 4) is 21.7 Å². The van der Waals surface area contributed by atoms with Crippen molar-refractivity contribution >= 4 is 32.9 Å². The van der Waals surface area contributed by atoms with E-state index in [-0.39, 0.29) is 0 Å². The van der Waals surface area contributed by atoms with Crippen molar-refractivity contribution in [2.24, 2.45) is 5.73 Å². The Morgan fingerprint density at radius 1 is 1.00 bits per heavy atom. The van der Waals surface area contributed by atoms with Crippen molar-refractivity contribution in [1.82, 2.24) is 24.6 Å². The number of fused-ring (bicyclic) bond motifs is 2. The van der Waals surface area contributed by atoms with Gasteiger partial charge < -0.3 is 11.1 Å². The highest BCUT2D eigenvalue weighted by atomic mass is 32.1. The largest absolute Gasteiger partial charge is 0.374 e. The van der Waals surface area contributed by atoms with Crippen LogP contribution in [0.2, 0.25) is 0 Å². The van der Waals surface area contributed by atoms with Gasteiger partial charge in [-0.05, 0) is 17.7 Å². The van der Waals surface area contributed by atoms with Crippen LogP contribution in [0.5, 0.6) is 0 Å². The molecule has 28 heavy (non-hydrogen) atoms. The van der Waals surface area contributed by atoms with E-state index in [1.807, 2.05) is 55.2 Å². The van der Waals surface area contributed by atoms with Gasteiger partial charge in [0.2, 0.25) is 0 Å². The fourth-order valence-electron chi connectivity index (χ4n) is 3.19. The zero-order chi connectivity index (χ0) is 18.9. The van der Waals surface area contributed by atoms with Crippen molar-refractivity contribution in [1.29, 1.82) is 0 Å². The minimum absolute atomic E-state index is 0.584. The molecule has 0 aliphatic rings. The Kier molecular flexibility index (Phi) is 4.19. The monoisotopic (exact) mass is 387 g/mol. The van der Waals surface area contributed by atoms with Gasteiger partial charge >= 0.3 is 0 Å². The van der Waals surface area contributed by atoms with Crippen molar-refractivity contribution in [3.05, 3.63) is 61.3 Å². The highest BCUT2D eigenvalue weighted by molar-refractivity contribution is 7.18.